The molecular formula is C25H22N2O3. The second-order valence-corrected chi connectivity index (χ2v) is 7.02. The van der Waals surface area contributed by atoms with Crippen molar-refractivity contribution in [1.29, 1.82) is 0 Å². The largest absolute Gasteiger partial charge is 0.497 e. The van der Waals surface area contributed by atoms with Crippen molar-refractivity contribution in [2.75, 3.05) is 12.4 Å². The van der Waals surface area contributed by atoms with Gasteiger partial charge in [0.15, 0.2) is 0 Å². The monoisotopic (exact) mass is 398 g/mol. The van der Waals surface area contributed by atoms with Gasteiger partial charge in [-0.2, -0.15) is 0 Å². The maximum atomic E-state index is 13.1. The van der Waals surface area contributed by atoms with Crippen molar-refractivity contribution in [1.82, 2.24) is 0 Å². The van der Waals surface area contributed by atoms with E-state index in [1.807, 2.05) is 62.4 Å². The van der Waals surface area contributed by atoms with Crippen LogP contribution in [-0.4, -0.2) is 13.0 Å². The number of fused-ring (bicyclic) bond motifs is 1. The highest BCUT2D eigenvalue weighted by Crippen LogP contribution is 2.22. The van der Waals surface area contributed by atoms with Crippen LogP contribution in [0.25, 0.3) is 11.0 Å². The number of nitrogens with zero attached hydrogens (tertiary/aromatic N) is 1. The third-order valence-corrected chi connectivity index (χ3v) is 5.05. The molecule has 3 aromatic carbocycles. The number of para-hydroxylation sites is 1. The number of methoxy groups -OCH3 is 1. The molecule has 30 heavy (non-hydrogen) atoms. The molecule has 0 aliphatic rings. The number of nitrogens with one attached hydrogen (secondary N) is 1. The molecule has 4 aromatic rings. The summed E-state index contributed by atoms with van der Waals surface area (Å²) in [6.07, 6.45) is 0. The van der Waals surface area contributed by atoms with Gasteiger partial charge in [0.05, 0.1) is 12.8 Å². The second kappa shape index (κ2) is 8.25. The predicted molar refractivity (Wildman–Crippen MR) is 118 cm³/mol. The fourth-order valence-corrected chi connectivity index (χ4v) is 3.15. The molecule has 4 rings (SSSR count). The number of ether oxygens (including phenoxy) is 1. The van der Waals surface area contributed by atoms with Crippen molar-refractivity contribution >= 4 is 28.3 Å². The Hall–Kier alpha value is -3.86. The number of carbonyl (C=O) groups excluding carboxylic acids is 1. The zero-order valence-corrected chi connectivity index (χ0v) is 17.1. The summed E-state index contributed by atoms with van der Waals surface area (Å²) in [6.45, 7) is 4.04. The van der Waals surface area contributed by atoms with Gasteiger partial charge in [0, 0.05) is 11.1 Å². The Bertz CT molecular complexity index is 1290. The highest BCUT2D eigenvalue weighted by atomic mass is 16.5. The number of amides is 1. The normalized spacial score (nSPS) is 11.5. The summed E-state index contributed by atoms with van der Waals surface area (Å²) in [5.74, 6) is 0.429. The fraction of sp³-hybridized carbons (Fsp3) is 0.120. The molecule has 0 unspecified atom stereocenters. The van der Waals surface area contributed by atoms with E-state index in [0.717, 1.165) is 28.0 Å². The Kier molecular flexibility index (Phi) is 5.35. The molecule has 150 valence electrons. The third-order valence-electron chi connectivity index (χ3n) is 5.05. The van der Waals surface area contributed by atoms with Crippen LogP contribution in [0, 0.1) is 13.8 Å². The van der Waals surface area contributed by atoms with Crippen LogP contribution in [-0.2, 0) is 0 Å². The number of hydrogen-bond acceptors (Lipinski definition) is 4. The van der Waals surface area contributed by atoms with Crippen LogP contribution in [0.2, 0.25) is 0 Å². The zero-order chi connectivity index (χ0) is 21.1. The van der Waals surface area contributed by atoms with Crippen LogP contribution in [0.3, 0.4) is 0 Å². The smallest absolute Gasteiger partial charge is 0.261 e. The number of carbonyl (C=O) groups is 1. The molecule has 1 heterocycles. The Balaban J connectivity index is 1.82. The molecule has 0 aliphatic carbocycles. The van der Waals surface area contributed by atoms with E-state index in [4.69, 9.17) is 14.1 Å². The van der Waals surface area contributed by atoms with Gasteiger partial charge < -0.3 is 14.5 Å². The maximum absolute atomic E-state index is 13.1. The van der Waals surface area contributed by atoms with Crippen LogP contribution < -0.4 is 15.6 Å². The molecule has 0 radical (unpaired) electrons. The topological polar surface area (TPSA) is 63.8 Å². The van der Waals surface area contributed by atoms with E-state index in [2.05, 4.69) is 5.32 Å². The maximum Gasteiger partial charge on any atom is 0.261 e. The summed E-state index contributed by atoms with van der Waals surface area (Å²) < 4.78 is 11.2. The van der Waals surface area contributed by atoms with Gasteiger partial charge in [-0.15, -0.1) is 0 Å². The van der Waals surface area contributed by atoms with Gasteiger partial charge >= 0.3 is 0 Å². The van der Waals surface area contributed by atoms with Crippen molar-refractivity contribution in [2.24, 2.45) is 4.99 Å². The van der Waals surface area contributed by atoms with Crippen molar-refractivity contribution in [2.45, 2.75) is 13.8 Å². The predicted octanol–water partition coefficient (Wildman–Crippen LogP) is 5.54. The molecule has 0 spiro atoms. The Morgan fingerprint density at radius 1 is 0.967 bits per heavy atom. The molecule has 1 aromatic heterocycles. The van der Waals surface area contributed by atoms with Crippen LogP contribution in [0.4, 0.5) is 11.4 Å². The first-order chi connectivity index (χ1) is 14.5. The van der Waals surface area contributed by atoms with E-state index in [1.54, 1.807) is 31.4 Å². The van der Waals surface area contributed by atoms with Gasteiger partial charge in [-0.05, 0) is 67.4 Å². The first kappa shape index (κ1) is 19.5. The number of benzene rings is 3. The quantitative estimate of drug-likeness (QED) is 0.491. The highest BCUT2D eigenvalue weighted by Gasteiger charge is 2.14. The van der Waals surface area contributed by atoms with E-state index in [0.29, 0.717) is 16.8 Å². The lowest BCUT2D eigenvalue weighted by atomic mass is 10.1. The SMILES string of the molecule is COc1ccc(NC(=O)c2cc3ccccc3oc2=Nc2cccc(C)c2C)cc1. The molecule has 0 bridgehead atoms. The Labute approximate surface area is 174 Å². The first-order valence-corrected chi connectivity index (χ1v) is 9.64. The van der Waals surface area contributed by atoms with Crippen molar-refractivity contribution in [3.05, 3.63) is 95.0 Å². The molecule has 0 saturated carbocycles. The summed E-state index contributed by atoms with van der Waals surface area (Å²) in [5, 5.41) is 3.74. The minimum absolute atomic E-state index is 0.272. The van der Waals surface area contributed by atoms with Crippen molar-refractivity contribution in [3.8, 4) is 5.75 Å². The first-order valence-electron chi connectivity index (χ1n) is 9.64. The number of anilines is 1. The number of hydrogen-bond donors (Lipinski definition) is 1. The lowest BCUT2D eigenvalue weighted by molar-refractivity contribution is 0.102. The van der Waals surface area contributed by atoms with Crippen LogP contribution in [0.5, 0.6) is 5.75 Å². The van der Waals surface area contributed by atoms with E-state index in [9.17, 15) is 4.79 Å². The van der Waals surface area contributed by atoms with Crippen LogP contribution in [0.1, 0.15) is 21.5 Å². The third kappa shape index (κ3) is 3.96. The molecule has 5 heteroatoms. The van der Waals surface area contributed by atoms with Gasteiger partial charge in [-0.3, -0.25) is 4.79 Å². The standard InChI is InChI=1S/C25H22N2O3/c1-16-7-6-9-22(17(16)2)27-25-21(15-18-8-4-5-10-23(18)30-25)24(28)26-19-11-13-20(29-3)14-12-19/h4-15H,1-3H3,(H,26,28). The second-order valence-electron chi connectivity index (χ2n) is 7.02. The van der Waals surface area contributed by atoms with E-state index >= 15 is 0 Å². The average molecular weight is 398 g/mol. The lowest BCUT2D eigenvalue weighted by Crippen LogP contribution is -2.21. The van der Waals surface area contributed by atoms with Crippen molar-refractivity contribution in [3.63, 3.8) is 0 Å². The molecule has 5 nitrogen and oxygen atoms in total. The van der Waals surface area contributed by atoms with Gasteiger partial charge in [-0.1, -0.05) is 30.3 Å². The molecule has 0 atom stereocenters. The molecule has 0 fully saturated rings. The van der Waals surface area contributed by atoms with Crippen molar-refractivity contribution < 1.29 is 13.9 Å². The van der Waals surface area contributed by atoms with E-state index in [-0.39, 0.29) is 11.5 Å². The summed E-state index contributed by atoms with van der Waals surface area (Å²) in [7, 11) is 1.60. The van der Waals surface area contributed by atoms with E-state index in [1.165, 1.54) is 0 Å². The fourth-order valence-electron chi connectivity index (χ4n) is 3.15. The van der Waals surface area contributed by atoms with Gasteiger partial charge in [0.25, 0.3) is 5.91 Å². The summed E-state index contributed by atoms with van der Waals surface area (Å²) >= 11 is 0. The summed E-state index contributed by atoms with van der Waals surface area (Å²) in [6, 6.07) is 22.4. The Morgan fingerprint density at radius 3 is 2.50 bits per heavy atom. The van der Waals surface area contributed by atoms with Gasteiger partial charge in [0.2, 0.25) is 5.55 Å². The van der Waals surface area contributed by atoms with Gasteiger partial charge in [0.1, 0.15) is 16.9 Å². The zero-order valence-electron chi connectivity index (χ0n) is 17.1. The minimum atomic E-state index is -0.293. The minimum Gasteiger partial charge on any atom is -0.497 e. The summed E-state index contributed by atoms with van der Waals surface area (Å²) in [5.41, 5.74) is 4.91. The van der Waals surface area contributed by atoms with Crippen LogP contribution >= 0.6 is 0 Å². The number of rotatable bonds is 4. The number of aryl methyl sites for hydroxylation is 1. The molecule has 1 N–H and O–H groups in total. The van der Waals surface area contributed by atoms with Gasteiger partial charge in [-0.25, -0.2) is 4.99 Å². The highest BCUT2D eigenvalue weighted by molar-refractivity contribution is 6.05. The molecule has 0 aliphatic heterocycles. The average Bonchev–Trinajstić information content (AvgIpc) is 2.77. The molecule has 1 amide bonds. The molecule has 0 saturated heterocycles. The molecular weight excluding hydrogens is 376 g/mol. The van der Waals surface area contributed by atoms with E-state index < -0.39 is 0 Å². The Morgan fingerprint density at radius 2 is 1.73 bits per heavy atom. The summed E-state index contributed by atoms with van der Waals surface area (Å²) in [4.78, 5) is 17.8. The van der Waals surface area contributed by atoms with Crippen LogP contribution in [0.15, 0.2) is 82.2 Å². The lowest BCUT2D eigenvalue weighted by Gasteiger charge is -2.08.